The summed E-state index contributed by atoms with van der Waals surface area (Å²) in [5.74, 6) is 5.44. The van der Waals surface area contributed by atoms with Crippen LogP contribution in [0.5, 0.6) is 0 Å². The summed E-state index contributed by atoms with van der Waals surface area (Å²) < 4.78 is 27.0. The van der Waals surface area contributed by atoms with Crippen molar-refractivity contribution >= 4 is 10.0 Å². The summed E-state index contributed by atoms with van der Waals surface area (Å²) in [7, 11) is -3.57. The maximum absolute atomic E-state index is 12.2. The van der Waals surface area contributed by atoms with Gasteiger partial charge in [0.15, 0.2) is 0 Å². The zero-order valence-corrected chi connectivity index (χ0v) is 11.6. The van der Waals surface area contributed by atoms with Crippen LogP contribution in [-0.2, 0) is 10.0 Å². The Morgan fingerprint density at radius 1 is 1.28 bits per heavy atom. The van der Waals surface area contributed by atoms with E-state index in [0.717, 1.165) is 0 Å². The van der Waals surface area contributed by atoms with E-state index in [1.807, 2.05) is 0 Å². The van der Waals surface area contributed by atoms with Crippen molar-refractivity contribution in [3.63, 3.8) is 0 Å². The van der Waals surface area contributed by atoms with E-state index in [1.54, 1.807) is 39.0 Å². The number of benzene rings is 1. The minimum atomic E-state index is -3.57. The first-order chi connectivity index (χ1) is 8.26. The molecule has 0 amide bonds. The average Bonchev–Trinajstić information content (AvgIpc) is 2.23. The van der Waals surface area contributed by atoms with Crippen molar-refractivity contribution in [2.75, 3.05) is 6.54 Å². The van der Waals surface area contributed by atoms with Gasteiger partial charge in [0.1, 0.15) is 0 Å². The van der Waals surface area contributed by atoms with E-state index in [4.69, 9.17) is 5.73 Å². The van der Waals surface area contributed by atoms with Crippen molar-refractivity contribution < 1.29 is 8.42 Å². The molecule has 3 N–H and O–H groups in total. The molecule has 1 rings (SSSR count). The lowest BCUT2D eigenvalue weighted by atomic mass is 10.1. The quantitative estimate of drug-likeness (QED) is 0.787. The standard InChI is InChI=1S/C13H18N2O2S/c1-13(2,3)15-18(16,17)12-9-5-4-7-11(12)8-6-10-14/h4-5,7,9,15H,10,14H2,1-3H3. The zero-order valence-electron chi connectivity index (χ0n) is 10.8. The van der Waals surface area contributed by atoms with Crippen LogP contribution in [0.3, 0.4) is 0 Å². The molecule has 1 aromatic carbocycles. The topological polar surface area (TPSA) is 72.2 Å². The molecule has 0 aliphatic rings. The van der Waals surface area contributed by atoms with E-state index in [-0.39, 0.29) is 11.4 Å². The van der Waals surface area contributed by atoms with Gasteiger partial charge in [-0.25, -0.2) is 13.1 Å². The van der Waals surface area contributed by atoms with Crippen molar-refractivity contribution in [3.8, 4) is 11.8 Å². The van der Waals surface area contributed by atoms with Gasteiger partial charge in [-0.1, -0.05) is 24.0 Å². The first kappa shape index (κ1) is 14.7. The summed E-state index contributed by atoms with van der Waals surface area (Å²) in [6.45, 7) is 5.57. The van der Waals surface area contributed by atoms with Crippen LogP contribution in [0.4, 0.5) is 0 Å². The maximum atomic E-state index is 12.2. The van der Waals surface area contributed by atoms with E-state index in [2.05, 4.69) is 16.6 Å². The molecule has 0 radical (unpaired) electrons. The highest BCUT2D eigenvalue weighted by Gasteiger charge is 2.23. The second-order valence-electron chi connectivity index (χ2n) is 4.86. The molecule has 0 atom stereocenters. The average molecular weight is 266 g/mol. The Kier molecular flexibility index (Phi) is 4.52. The Morgan fingerprint density at radius 2 is 1.89 bits per heavy atom. The maximum Gasteiger partial charge on any atom is 0.242 e. The van der Waals surface area contributed by atoms with Crippen LogP contribution in [-0.4, -0.2) is 20.5 Å². The predicted octanol–water partition coefficient (Wildman–Crippen LogP) is 1.07. The van der Waals surface area contributed by atoms with Crippen LogP contribution in [0.25, 0.3) is 0 Å². The van der Waals surface area contributed by atoms with Crippen molar-refractivity contribution in [2.24, 2.45) is 5.73 Å². The fraction of sp³-hybridized carbons (Fsp3) is 0.385. The van der Waals surface area contributed by atoms with Gasteiger partial charge in [0.2, 0.25) is 10.0 Å². The summed E-state index contributed by atoms with van der Waals surface area (Å²) in [6.07, 6.45) is 0. The molecule has 0 aromatic heterocycles. The van der Waals surface area contributed by atoms with Gasteiger partial charge in [-0.2, -0.15) is 0 Å². The lowest BCUT2D eigenvalue weighted by Gasteiger charge is -2.20. The van der Waals surface area contributed by atoms with Gasteiger partial charge in [0.25, 0.3) is 0 Å². The molecule has 0 aliphatic heterocycles. The van der Waals surface area contributed by atoms with Crippen molar-refractivity contribution in [1.82, 2.24) is 4.72 Å². The van der Waals surface area contributed by atoms with Gasteiger partial charge in [-0.05, 0) is 32.9 Å². The van der Waals surface area contributed by atoms with Crippen molar-refractivity contribution in [1.29, 1.82) is 0 Å². The van der Waals surface area contributed by atoms with Gasteiger partial charge >= 0.3 is 0 Å². The zero-order chi connectivity index (χ0) is 13.8. The molecule has 0 saturated carbocycles. The SMILES string of the molecule is CC(C)(C)NS(=O)(=O)c1ccccc1C#CCN. The van der Waals surface area contributed by atoms with E-state index < -0.39 is 15.6 Å². The molecule has 4 nitrogen and oxygen atoms in total. The van der Waals surface area contributed by atoms with Crippen LogP contribution >= 0.6 is 0 Å². The Morgan fingerprint density at radius 3 is 2.44 bits per heavy atom. The molecule has 0 bridgehead atoms. The smallest absolute Gasteiger partial charge is 0.242 e. The molecule has 1 aromatic rings. The minimum Gasteiger partial charge on any atom is -0.320 e. The van der Waals surface area contributed by atoms with E-state index in [1.165, 1.54) is 6.07 Å². The third-order valence-electron chi connectivity index (χ3n) is 1.94. The number of nitrogens with one attached hydrogen (secondary N) is 1. The van der Waals surface area contributed by atoms with Crippen molar-refractivity contribution in [2.45, 2.75) is 31.2 Å². The Balaban J connectivity index is 3.25. The molecule has 0 spiro atoms. The Bertz CT molecular complexity index is 575. The third kappa shape index (κ3) is 4.15. The molecule has 0 heterocycles. The number of hydrogen-bond acceptors (Lipinski definition) is 3. The van der Waals surface area contributed by atoms with Gasteiger partial charge in [0.05, 0.1) is 11.4 Å². The number of nitrogens with two attached hydrogens (primary N) is 1. The molecule has 0 saturated heterocycles. The summed E-state index contributed by atoms with van der Waals surface area (Å²) in [6, 6.07) is 6.62. The fourth-order valence-electron chi connectivity index (χ4n) is 1.41. The highest BCUT2D eigenvalue weighted by Crippen LogP contribution is 2.16. The summed E-state index contributed by atoms with van der Waals surface area (Å²) in [4.78, 5) is 0.181. The van der Waals surface area contributed by atoms with Crippen LogP contribution < -0.4 is 10.5 Å². The lowest BCUT2D eigenvalue weighted by Crippen LogP contribution is -2.40. The molecule has 18 heavy (non-hydrogen) atoms. The van der Waals surface area contributed by atoms with Crippen LogP contribution in [0.2, 0.25) is 0 Å². The van der Waals surface area contributed by atoms with Gasteiger partial charge in [-0.15, -0.1) is 0 Å². The summed E-state index contributed by atoms with van der Waals surface area (Å²) in [5.41, 5.74) is 5.22. The third-order valence-corrected chi connectivity index (χ3v) is 3.76. The van der Waals surface area contributed by atoms with Crippen LogP contribution in [0.15, 0.2) is 29.2 Å². The Hall–Kier alpha value is -1.35. The van der Waals surface area contributed by atoms with E-state index in [9.17, 15) is 8.42 Å². The molecular formula is C13H18N2O2S. The fourth-order valence-corrected chi connectivity index (χ4v) is 2.99. The van der Waals surface area contributed by atoms with E-state index in [0.29, 0.717) is 5.56 Å². The number of rotatable bonds is 2. The second-order valence-corrected chi connectivity index (χ2v) is 6.51. The predicted molar refractivity (Wildman–Crippen MR) is 72.4 cm³/mol. The summed E-state index contributed by atoms with van der Waals surface area (Å²) in [5, 5.41) is 0. The highest BCUT2D eigenvalue weighted by atomic mass is 32.2. The molecular weight excluding hydrogens is 248 g/mol. The summed E-state index contributed by atoms with van der Waals surface area (Å²) >= 11 is 0. The number of sulfonamides is 1. The molecule has 0 fully saturated rings. The molecule has 0 unspecified atom stereocenters. The van der Waals surface area contributed by atoms with Gasteiger partial charge in [-0.3, -0.25) is 0 Å². The molecule has 5 heteroatoms. The van der Waals surface area contributed by atoms with Gasteiger partial charge in [0, 0.05) is 11.1 Å². The normalized spacial score (nSPS) is 11.8. The molecule has 98 valence electrons. The molecule has 0 aliphatic carbocycles. The Labute approximate surface area is 109 Å². The first-order valence-corrected chi connectivity index (χ1v) is 7.06. The second kappa shape index (κ2) is 5.53. The highest BCUT2D eigenvalue weighted by molar-refractivity contribution is 7.89. The van der Waals surface area contributed by atoms with Gasteiger partial charge < -0.3 is 5.73 Å². The van der Waals surface area contributed by atoms with Crippen LogP contribution in [0, 0.1) is 11.8 Å². The van der Waals surface area contributed by atoms with Crippen molar-refractivity contribution in [3.05, 3.63) is 29.8 Å². The van der Waals surface area contributed by atoms with Crippen LogP contribution in [0.1, 0.15) is 26.3 Å². The number of hydrogen-bond donors (Lipinski definition) is 2. The first-order valence-electron chi connectivity index (χ1n) is 5.58. The lowest BCUT2D eigenvalue weighted by molar-refractivity contribution is 0.491. The largest absolute Gasteiger partial charge is 0.320 e. The monoisotopic (exact) mass is 266 g/mol. The van der Waals surface area contributed by atoms with E-state index >= 15 is 0 Å². The minimum absolute atomic E-state index is 0.181.